The van der Waals surface area contributed by atoms with Gasteiger partial charge in [-0.25, -0.2) is 0 Å². The molecule has 0 amide bonds. The van der Waals surface area contributed by atoms with E-state index in [1.54, 1.807) is 6.92 Å². The zero-order chi connectivity index (χ0) is 17.6. The van der Waals surface area contributed by atoms with E-state index in [9.17, 15) is 28.2 Å². The molecule has 0 unspecified atom stereocenters. The summed E-state index contributed by atoms with van der Waals surface area (Å²) in [7, 11) is -9.85. The van der Waals surface area contributed by atoms with Gasteiger partial charge in [-0.15, -0.1) is 0 Å². The average Bonchev–Trinajstić information content (AvgIpc) is 2.36. The SMILES string of the molecule is CC1COC(C(F)(F)Oc2ccc(S(F)(F)(F)(F)F)cc2)OC1. The number of hydrogen-bond donors (Lipinski definition) is 0. The lowest BCUT2D eigenvalue weighted by atomic mass is 10.2. The van der Waals surface area contributed by atoms with Gasteiger partial charge >= 0.3 is 16.3 Å². The summed E-state index contributed by atoms with van der Waals surface area (Å²) in [6, 6.07) is 0.731. The first-order chi connectivity index (χ1) is 10.2. The van der Waals surface area contributed by atoms with Gasteiger partial charge in [0.05, 0.1) is 13.2 Å². The van der Waals surface area contributed by atoms with Crippen LogP contribution in [0, 0.1) is 5.92 Å². The topological polar surface area (TPSA) is 27.7 Å². The van der Waals surface area contributed by atoms with E-state index in [2.05, 4.69) is 4.74 Å². The molecule has 1 aliphatic heterocycles. The summed E-state index contributed by atoms with van der Waals surface area (Å²) in [4.78, 5) is -2.19. The molecule has 11 heteroatoms. The monoisotopic (exact) mass is 370 g/mol. The van der Waals surface area contributed by atoms with Crippen LogP contribution in [0.5, 0.6) is 5.75 Å². The maximum atomic E-state index is 13.8. The second-order valence-electron chi connectivity index (χ2n) is 5.21. The Morgan fingerprint density at radius 1 is 1.00 bits per heavy atom. The van der Waals surface area contributed by atoms with Crippen molar-refractivity contribution in [2.75, 3.05) is 13.2 Å². The van der Waals surface area contributed by atoms with Crippen LogP contribution in [0.3, 0.4) is 0 Å². The van der Waals surface area contributed by atoms with Gasteiger partial charge in [-0.3, -0.25) is 0 Å². The summed E-state index contributed by atoms with van der Waals surface area (Å²) in [5, 5.41) is 0. The minimum Gasteiger partial charge on any atom is -0.429 e. The molecule has 2 rings (SSSR count). The van der Waals surface area contributed by atoms with Gasteiger partial charge in [-0.2, -0.15) is 8.78 Å². The van der Waals surface area contributed by atoms with Crippen LogP contribution in [0.1, 0.15) is 6.92 Å². The molecule has 3 nitrogen and oxygen atoms in total. The minimum atomic E-state index is -9.85. The maximum absolute atomic E-state index is 13.8. The van der Waals surface area contributed by atoms with Gasteiger partial charge in [0.25, 0.3) is 6.29 Å². The van der Waals surface area contributed by atoms with Crippen LogP contribution >= 0.6 is 10.2 Å². The molecule has 1 aliphatic rings. The molecule has 1 heterocycles. The van der Waals surface area contributed by atoms with E-state index in [0.717, 1.165) is 0 Å². The van der Waals surface area contributed by atoms with Gasteiger partial charge < -0.3 is 14.2 Å². The van der Waals surface area contributed by atoms with E-state index in [1.807, 2.05) is 0 Å². The smallest absolute Gasteiger partial charge is 0.429 e. The standard InChI is InChI=1S/C12H13F7O3S/c1-8-6-20-11(21-7-8)12(13,14)22-9-2-4-10(5-3-9)23(15,16,17,18)19/h2-5,8,11H,6-7H2,1H3. The van der Waals surface area contributed by atoms with Crippen molar-refractivity contribution in [2.24, 2.45) is 5.92 Å². The van der Waals surface area contributed by atoms with Crippen LogP contribution in [-0.2, 0) is 9.47 Å². The third-order valence-electron chi connectivity index (χ3n) is 2.86. The lowest BCUT2D eigenvalue weighted by Crippen LogP contribution is -2.47. The Balaban J connectivity index is 2.12. The van der Waals surface area contributed by atoms with Gasteiger partial charge in [-0.05, 0) is 24.3 Å². The van der Waals surface area contributed by atoms with Gasteiger partial charge in [0.1, 0.15) is 10.6 Å². The molecule has 1 aromatic rings. The predicted molar refractivity (Wildman–Crippen MR) is 68.3 cm³/mol. The first-order valence-electron chi connectivity index (χ1n) is 6.31. The summed E-state index contributed by atoms with van der Waals surface area (Å²) in [6.45, 7) is 1.69. The van der Waals surface area contributed by atoms with Crippen molar-refractivity contribution >= 4 is 10.2 Å². The van der Waals surface area contributed by atoms with Gasteiger partial charge in [-0.1, -0.05) is 26.4 Å². The maximum Gasteiger partial charge on any atom is 0.451 e. The first kappa shape index (κ1) is 18.1. The van der Waals surface area contributed by atoms with E-state index in [4.69, 9.17) is 9.47 Å². The van der Waals surface area contributed by atoms with Crippen LogP contribution in [-0.4, -0.2) is 25.6 Å². The zero-order valence-electron chi connectivity index (χ0n) is 11.7. The lowest BCUT2D eigenvalue weighted by Gasteiger charge is -2.40. The fourth-order valence-corrected chi connectivity index (χ4v) is 2.41. The molecule has 0 atom stereocenters. The molecule has 0 N–H and O–H groups in total. The third-order valence-corrected chi connectivity index (χ3v) is 4.02. The van der Waals surface area contributed by atoms with Crippen molar-refractivity contribution in [1.29, 1.82) is 0 Å². The normalized spacial score (nSPS) is 26.3. The summed E-state index contributed by atoms with van der Waals surface area (Å²) in [5.74, 6) is -0.828. The zero-order valence-corrected chi connectivity index (χ0v) is 12.5. The molecule has 134 valence electrons. The molecule has 0 aliphatic carbocycles. The Hall–Kier alpha value is -1.20. The molecule has 0 radical (unpaired) electrons. The minimum absolute atomic E-state index is 0.00717. The van der Waals surface area contributed by atoms with E-state index < -0.39 is 33.3 Å². The largest absolute Gasteiger partial charge is 0.451 e. The van der Waals surface area contributed by atoms with Gasteiger partial charge in [0.2, 0.25) is 0 Å². The predicted octanol–water partition coefficient (Wildman–Crippen LogP) is 5.32. The van der Waals surface area contributed by atoms with Crippen molar-refractivity contribution in [3.05, 3.63) is 24.3 Å². The Labute approximate surface area is 127 Å². The second-order valence-corrected chi connectivity index (χ2v) is 7.62. The Morgan fingerprint density at radius 2 is 1.48 bits per heavy atom. The van der Waals surface area contributed by atoms with Crippen molar-refractivity contribution in [3.8, 4) is 5.75 Å². The van der Waals surface area contributed by atoms with E-state index in [0.29, 0.717) is 12.1 Å². The van der Waals surface area contributed by atoms with Crippen molar-refractivity contribution in [2.45, 2.75) is 24.2 Å². The fourth-order valence-electron chi connectivity index (χ4n) is 1.76. The fraction of sp³-hybridized carbons (Fsp3) is 0.500. The number of alkyl halides is 2. The van der Waals surface area contributed by atoms with Crippen LogP contribution < -0.4 is 4.74 Å². The highest BCUT2D eigenvalue weighted by atomic mass is 32.5. The number of hydrogen-bond acceptors (Lipinski definition) is 3. The van der Waals surface area contributed by atoms with Crippen molar-refractivity contribution in [1.82, 2.24) is 0 Å². The van der Waals surface area contributed by atoms with E-state index >= 15 is 0 Å². The van der Waals surface area contributed by atoms with Crippen molar-refractivity contribution in [3.63, 3.8) is 0 Å². The van der Waals surface area contributed by atoms with Crippen LogP contribution in [0.25, 0.3) is 0 Å². The van der Waals surface area contributed by atoms with Crippen LogP contribution in [0.4, 0.5) is 28.2 Å². The number of halogens is 7. The molecule has 1 aromatic carbocycles. The lowest BCUT2D eigenvalue weighted by molar-refractivity contribution is -0.350. The summed E-state index contributed by atoms with van der Waals surface area (Å²) in [6.07, 6.45) is -6.02. The summed E-state index contributed by atoms with van der Waals surface area (Å²) in [5.41, 5.74) is 0. The highest BCUT2D eigenvalue weighted by Gasteiger charge is 2.65. The van der Waals surface area contributed by atoms with Crippen LogP contribution in [0.15, 0.2) is 29.2 Å². The first-order valence-corrected chi connectivity index (χ1v) is 8.27. The Kier molecular flexibility index (Phi) is 3.86. The summed E-state index contributed by atoms with van der Waals surface area (Å²) >= 11 is 0. The quantitative estimate of drug-likeness (QED) is 0.671. The van der Waals surface area contributed by atoms with Crippen molar-refractivity contribution < 1.29 is 42.4 Å². The van der Waals surface area contributed by atoms with Gasteiger partial charge in [0.15, 0.2) is 0 Å². The average molecular weight is 370 g/mol. The van der Waals surface area contributed by atoms with Gasteiger partial charge in [0, 0.05) is 5.92 Å². The number of ether oxygens (including phenoxy) is 3. The Morgan fingerprint density at radius 3 is 1.91 bits per heavy atom. The molecule has 0 saturated carbocycles. The Bertz CT molecular complexity index is 564. The highest BCUT2D eigenvalue weighted by molar-refractivity contribution is 8.45. The third kappa shape index (κ3) is 4.64. The number of benzene rings is 1. The molecular formula is C12H13F7O3S. The number of rotatable bonds is 4. The molecule has 0 bridgehead atoms. The highest BCUT2D eigenvalue weighted by Crippen LogP contribution is 3.02. The summed E-state index contributed by atoms with van der Waals surface area (Å²) < 4.78 is 104. The second kappa shape index (κ2) is 4.90. The molecule has 0 aromatic heterocycles. The van der Waals surface area contributed by atoms with Crippen LogP contribution in [0.2, 0.25) is 0 Å². The molecule has 1 fully saturated rings. The van der Waals surface area contributed by atoms with E-state index in [-0.39, 0.29) is 31.3 Å². The van der Waals surface area contributed by atoms with E-state index in [1.165, 1.54) is 0 Å². The molecule has 0 spiro atoms. The molecular weight excluding hydrogens is 357 g/mol. The molecule has 23 heavy (non-hydrogen) atoms. The molecule has 1 saturated heterocycles.